The maximum absolute atomic E-state index is 14.4. The Bertz CT molecular complexity index is 1360. The predicted molar refractivity (Wildman–Crippen MR) is 124 cm³/mol. The van der Waals surface area contributed by atoms with Gasteiger partial charge in [0.05, 0.1) is 25.5 Å². The van der Waals surface area contributed by atoms with Crippen LogP contribution < -0.4 is 14.8 Å². The molecule has 3 rings (SSSR count). The Morgan fingerprint density at radius 3 is 2.22 bits per heavy atom. The van der Waals surface area contributed by atoms with Gasteiger partial charge in [0.2, 0.25) is 5.88 Å². The number of aromatic nitrogens is 4. The third-order valence-electron chi connectivity index (χ3n) is 5.83. The predicted octanol–water partition coefficient (Wildman–Crippen LogP) is 5.72. The summed E-state index contributed by atoms with van der Waals surface area (Å²) < 4.78 is 133. The fraction of sp³-hybridized carbons (Fsp3) is 0.478. The zero-order valence-electron chi connectivity index (χ0n) is 21.5. The smallest absolute Gasteiger partial charge is 0.413 e. The van der Waals surface area contributed by atoms with Crippen LogP contribution in [-0.4, -0.2) is 75.6 Å². The van der Waals surface area contributed by atoms with Crippen molar-refractivity contribution in [3.63, 3.8) is 0 Å². The summed E-state index contributed by atoms with van der Waals surface area (Å²) in [5.74, 6) is -0.181. The largest absolute Gasteiger partial charge is 0.481 e. The second-order valence-electron chi connectivity index (χ2n) is 8.55. The summed E-state index contributed by atoms with van der Waals surface area (Å²) in [7, 11) is 2.47. The van der Waals surface area contributed by atoms with Crippen molar-refractivity contribution in [1.29, 1.82) is 0 Å². The number of amides is 2. The number of hydrogen-bond donors (Lipinski definition) is 1. The third kappa shape index (κ3) is 7.40. The minimum Gasteiger partial charge on any atom is -0.481 e. The molecule has 2 atom stereocenters. The van der Waals surface area contributed by atoms with Crippen LogP contribution in [0.1, 0.15) is 31.4 Å². The Hall–Kier alpha value is -3.99. The summed E-state index contributed by atoms with van der Waals surface area (Å²) in [6, 6.07) is -6.84. The number of carbonyl (C=O) groups excluding carboxylic acids is 1. The summed E-state index contributed by atoms with van der Waals surface area (Å²) >= 11 is 0. The Morgan fingerprint density at radius 2 is 1.68 bits per heavy atom. The van der Waals surface area contributed by atoms with Crippen molar-refractivity contribution in [3.05, 3.63) is 36.4 Å². The highest BCUT2D eigenvalue weighted by molar-refractivity contribution is 5.76. The first kappa shape index (κ1) is 31.5. The van der Waals surface area contributed by atoms with E-state index in [9.17, 15) is 44.3 Å². The van der Waals surface area contributed by atoms with Gasteiger partial charge in [0, 0.05) is 43.3 Å². The first-order valence-corrected chi connectivity index (χ1v) is 11.7. The lowest BCUT2D eigenvalue weighted by Gasteiger charge is -2.34. The highest BCUT2D eigenvalue weighted by Gasteiger charge is 2.49. The van der Waals surface area contributed by atoms with Crippen molar-refractivity contribution in [2.75, 3.05) is 20.8 Å². The monoisotopic (exact) mass is 602 g/mol. The number of nitrogens with zero attached hydrogens (tertiary/aromatic N) is 5. The molecule has 0 fully saturated rings. The number of nitrogens with one attached hydrogen (secondary N) is 1. The SMILES string of the molecule is CCN(C(=O)N[C@@H](CCC(F)(F)F)C(F)(F)F)C(c1cnc(OC)c(-c2cn3ccnc3c(OC)n2)c1)C(F)(F)F. The molecule has 3 aromatic rings. The van der Waals surface area contributed by atoms with E-state index in [1.807, 2.05) is 0 Å². The summed E-state index contributed by atoms with van der Waals surface area (Å²) in [5, 5.41) is 1.28. The fourth-order valence-electron chi connectivity index (χ4n) is 3.98. The van der Waals surface area contributed by atoms with Crippen molar-refractivity contribution in [2.24, 2.45) is 0 Å². The molecule has 0 aliphatic rings. The summed E-state index contributed by atoms with van der Waals surface area (Å²) in [6.07, 6.45) is -14.1. The Kier molecular flexibility index (Phi) is 9.12. The number of ether oxygens (including phenoxy) is 2. The maximum atomic E-state index is 14.4. The first-order chi connectivity index (χ1) is 19.0. The number of carbonyl (C=O) groups is 1. The lowest BCUT2D eigenvalue weighted by molar-refractivity contribution is -0.181. The average molecular weight is 602 g/mol. The number of alkyl halides is 9. The molecule has 0 bridgehead atoms. The van der Waals surface area contributed by atoms with Crippen molar-refractivity contribution in [3.8, 4) is 23.0 Å². The molecule has 0 aliphatic heterocycles. The number of hydrogen-bond acceptors (Lipinski definition) is 6. The normalized spacial score (nSPS) is 14.0. The zero-order valence-corrected chi connectivity index (χ0v) is 21.5. The second kappa shape index (κ2) is 11.9. The van der Waals surface area contributed by atoms with E-state index in [4.69, 9.17) is 9.47 Å². The van der Waals surface area contributed by atoms with Crippen LogP contribution in [0.25, 0.3) is 16.9 Å². The average Bonchev–Trinajstić information content (AvgIpc) is 3.35. The fourth-order valence-corrected chi connectivity index (χ4v) is 3.98. The molecular weight excluding hydrogens is 579 g/mol. The van der Waals surface area contributed by atoms with Crippen LogP contribution >= 0.6 is 0 Å². The Morgan fingerprint density at radius 1 is 1.02 bits per heavy atom. The minimum atomic E-state index is -5.36. The van der Waals surface area contributed by atoms with Crippen LogP contribution in [0.15, 0.2) is 30.9 Å². The van der Waals surface area contributed by atoms with Gasteiger partial charge in [-0.3, -0.25) is 0 Å². The molecule has 3 aromatic heterocycles. The molecule has 1 unspecified atom stereocenters. The van der Waals surface area contributed by atoms with E-state index in [0.717, 1.165) is 13.0 Å². The van der Waals surface area contributed by atoms with Gasteiger partial charge < -0.3 is 24.1 Å². The zero-order chi connectivity index (χ0) is 30.8. The van der Waals surface area contributed by atoms with E-state index in [1.165, 1.54) is 42.5 Å². The molecule has 0 aliphatic carbocycles. The van der Waals surface area contributed by atoms with Gasteiger partial charge in [-0.1, -0.05) is 0 Å². The van der Waals surface area contributed by atoms with Gasteiger partial charge >= 0.3 is 24.6 Å². The summed E-state index contributed by atoms with van der Waals surface area (Å²) in [6.45, 7) is 0.294. The van der Waals surface area contributed by atoms with Crippen molar-refractivity contribution in [2.45, 2.75) is 50.4 Å². The molecule has 18 heteroatoms. The van der Waals surface area contributed by atoms with Gasteiger partial charge in [0.25, 0.3) is 5.88 Å². The van der Waals surface area contributed by atoms with E-state index in [0.29, 0.717) is 6.20 Å². The van der Waals surface area contributed by atoms with Gasteiger partial charge in [0.15, 0.2) is 11.7 Å². The standard InChI is InChI=1S/C23H23F9N6O3/c1-4-38(20(39)36-15(22(27,28)29)5-6-21(24,25)26)16(23(30,31)32)12-9-13(18(40-2)34-10-12)14-11-37-8-7-33-17(37)19(35-14)41-3/h7-11,15-16H,4-6H2,1-3H3,(H,36,39)/t15-,16?/m0/s1. The van der Waals surface area contributed by atoms with Gasteiger partial charge in [-0.05, 0) is 19.4 Å². The Balaban J connectivity index is 2.06. The summed E-state index contributed by atoms with van der Waals surface area (Å²) in [4.78, 5) is 24.9. The van der Waals surface area contributed by atoms with Crippen LogP contribution in [0.2, 0.25) is 0 Å². The number of imidazole rings is 1. The van der Waals surface area contributed by atoms with Gasteiger partial charge in [-0.2, -0.15) is 39.5 Å². The van der Waals surface area contributed by atoms with Crippen LogP contribution in [-0.2, 0) is 0 Å². The van der Waals surface area contributed by atoms with E-state index < -0.39 is 61.6 Å². The lowest BCUT2D eigenvalue weighted by atomic mass is 10.0. The van der Waals surface area contributed by atoms with Crippen molar-refractivity contribution in [1.82, 2.24) is 29.6 Å². The van der Waals surface area contributed by atoms with E-state index in [1.54, 1.807) is 0 Å². The first-order valence-electron chi connectivity index (χ1n) is 11.7. The van der Waals surface area contributed by atoms with Crippen molar-refractivity contribution >= 4 is 11.7 Å². The molecule has 1 N–H and O–H groups in total. The number of rotatable bonds is 9. The van der Waals surface area contributed by atoms with Crippen LogP contribution in [0.4, 0.5) is 44.3 Å². The molecule has 0 saturated heterocycles. The van der Waals surface area contributed by atoms with E-state index >= 15 is 0 Å². The van der Waals surface area contributed by atoms with Gasteiger partial charge in [-0.25, -0.2) is 19.7 Å². The molecule has 226 valence electrons. The highest BCUT2D eigenvalue weighted by Crippen LogP contribution is 2.41. The highest BCUT2D eigenvalue weighted by atomic mass is 19.4. The van der Waals surface area contributed by atoms with Crippen molar-refractivity contribution < 1.29 is 53.8 Å². The number of methoxy groups -OCH3 is 2. The number of fused-ring (bicyclic) bond motifs is 1. The quantitative estimate of drug-likeness (QED) is 0.315. The van der Waals surface area contributed by atoms with Gasteiger partial charge in [0.1, 0.15) is 6.04 Å². The van der Waals surface area contributed by atoms with Gasteiger partial charge in [-0.15, -0.1) is 0 Å². The van der Waals surface area contributed by atoms with Crippen LogP contribution in [0.5, 0.6) is 11.8 Å². The number of halogens is 9. The molecular formula is C23H23F9N6O3. The molecule has 9 nitrogen and oxygen atoms in total. The van der Waals surface area contributed by atoms with Crippen LogP contribution in [0.3, 0.4) is 0 Å². The minimum absolute atomic E-state index is 0.000982. The topological polar surface area (TPSA) is 93.9 Å². The molecule has 0 aromatic carbocycles. The van der Waals surface area contributed by atoms with Crippen LogP contribution in [0, 0.1) is 0 Å². The molecule has 2 amide bonds. The second-order valence-corrected chi connectivity index (χ2v) is 8.55. The molecule has 0 saturated carbocycles. The third-order valence-corrected chi connectivity index (χ3v) is 5.83. The lowest BCUT2D eigenvalue weighted by Crippen LogP contribution is -2.53. The summed E-state index contributed by atoms with van der Waals surface area (Å²) in [5.41, 5.74) is -0.485. The molecule has 3 heterocycles. The molecule has 0 radical (unpaired) electrons. The van der Waals surface area contributed by atoms with E-state index in [2.05, 4.69) is 15.0 Å². The van der Waals surface area contributed by atoms with E-state index in [-0.39, 0.29) is 33.6 Å². The molecule has 41 heavy (non-hydrogen) atoms. The maximum Gasteiger partial charge on any atom is 0.413 e. The Labute approximate surface area is 226 Å². The number of pyridine rings is 1. The number of urea groups is 1. The molecule has 0 spiro atoms.